The molecule has 8 heteroatoms. The summed E-state index contributed by atoms with van der Waals surface area (Å²) in [5.41, 5.74) is 1.26. The number of hydrogen-bond donors (Lipinski definition) is 1. The number of carbonyl (C=O) groups is 1. The van der Waals surface area contributed by atoms with E-state index in [0.29, 0.717) is 34.8 Å². The molecule has 0 aromatic carbocycles. The normalized spacial score (nSPS) is 21.0. The third-order valence-corrected chi connectivity index (χ3v) is 8.88. The first-order chi connectivity index (χ1) is 18.4. The van der Waals surface area contributed by atoms with Gasteiger partial charge in [0.15, 0.2) is 5.78 Å². The zero-order chi connectivity index (χ0) is 26.8. The van der Waals surface area contributed by atoms with E-state index >= 15 is 0 Å². The van der Waals surface area contributed by atoms with Gasteiger partial charge in [-0.1, -0.05) is 25.8 Å². The lowest BCUT2D eigenvalue weighted by Gasteiger charge is -2.34. The fourth-order valence-electron chi connectivity index (χ4n) is 6.32. The SMILES string of the molecule is CN=C(/C=C\C(C)C1CCN(CC2CC2)CC1)Nc1ncc2c(C)c(C(C)=O)c(=O)n(C3CCCC3)c2n1. The van der Waals surface area contributed by atoms with Gasteiger partial charge in [-0.25, -0.2) is 4.98 Å². The molecule has 1 unspecified atom stereocenters. The molecule has 0 amide bonds. The second kappa shape index (κ2) is 11.5. The number of rotatable bonds is 8. The lowest BCUT2D eigenvalue weighted by molar-refractivity contribution is 0.101. The summed E-state index contributed by atoms with van der Waals surface area (Å²) in [5, 5.41) is 4.01. The maximum absolute atomic E-state index is 13.4. The molecule has 3 heterocycles. The molecule has 0 radical (unpaired) electrons. The molecule has 0 spiro atoms. The van der Waals surface area contributed by atoms with Crippen molar-refractivity contribution in [3.05, 3.63) is 39.8 Å². The van der Waals surface area contributed by atoms with Crippen molar-refractivity contribution >= 4 is 28.6 Å². The van der Waals surface area contributed by atoms with E-state index in [2.05, 4.69) is 33.2 Å². The molecule has 2 aliphatic carbocycles. The highest BCUT2D eigenvalue weighted by atomic mass is 16.1. The highest BCUT2D eigenvalue weighted by Crippen LogP contribution is 2.33. The van der Waals surface area contributed by atoms with Crippen LogP contribution in [0, 0.1) is 24.7 Å². The number of anilines is 1. The van der Waals surface area contributed by atoms with Crippen molar-refractivity contribution in [3.8, 4) is 0 Å². The van der Waals surface area contributed by atoms with E-state index in [-0.39, 0.29) is 22.9 Å². The first-order valence-corrected chi connectivity index (χ1v) is 14.4. The average Bonchev–Trinajstić information content (AvgIpc) is 3.56. The molecular weight excluding hydrogens is 476 g/mol. The highest BCUT2D eigenvalue weighted by molar-refractivity contribution is 6.03. The minimum Gasteiger partial charge on any atom is -0.309 e. The number of carbonyl (C=O) groups excluding carboxylic acids is 1. The molecule has 204 valence electrons. The zero-order valence-electron chi connectivity index (χ0n) is 23.4. The van der Waals surface area contributed by atoms with Crippen LogP contribution in [0.5, 0.6) is 0 Å². The summed E-state index contributed by atoms with van der Waals surface area (Å²) >= 11 is 0. The average molecular weight is 519 g/mol. The lowest BCUT2D eigenvalue weighted by atomic mass is 9.85. The van der Waals surface area contributed by atoms with Crippen molar-refractivity contribution in [3.63, 3.8) is 0 Å². The fraction of sp³-hybridized carbons (Fsp3) is 0.633. The van der Waals surface area contributed by atoms with Crippen molar-refractivity contribution in [1.82, 2.24) is 19.4 Å². The predicted molar refractivity (Wildman–Crippen MR) is 153 cm³/mol. The Bertz CT molecular complexity index is 1290. The highest BCUT2D eigenvalue weighted by Gasteiger charge is 2.28. The van der Waals surface area contributed by atoms with Gasteiger partial charge in [0.25, 0.3) is 5.56 Å². The van der Waals surface area contributed by atoms with Gasteiger partial charge in [-0.15, -0.1) is 0 Å². The summed E-state index contributed by atoms with van der Waals surface area (Å²) in [5.74, 6) is 3.00. The fourth-order valence-corrected chi connectivity index (χ4v) is 6.32. The molecule has 5 rings (SSSR count). The van der Waals surface area contributed by atoms with Crippen molar-refractivity contribution in [1.29, 1.82) is 0 Å². The van der Waals surface area contributed by atoms with E-state index in [9.17, 15) is 9.59 Å². The number of nitrogens with zero attached hydrogens (tertiary/aromatic N) is 5. The largest absolute Gasteiger partial charge is 0.309 e. The zero-order valence-corrected chi connectivity index (χ0v) is 23.4. The Balaban J connectivity index is 1.33. The van der Waals surface area contributed by atoms with E-state index in [1.165, 1.54) is 52.2 Å². The molecular formula is C30H42N6O2. The van der Waals surface area contributed by atoms with Gasteiger partial charge in [-0.05, 0) is 94.9 Å². The van der Waals surface area contributed by atoms with Crippen LogP contribution in [0.2, 0.25) is 0 Å². The first kappa shape index (κ1) is 26.7. The van der Waals surface area contributed by atoms with Crippen LogP contribution in [0.25, 0.3) is 11.0 Å². The van der Waals surface area contributed by atoms with Crippen molar-refractivity contribution in [2.75, 3.05) is 32.0 Å². The summed E-state index contributed by atoms with van der Waals surface area (Å²) in [4.78, 5) is 42.2. The lowest BCUT2D eigenvalue weighted by Crippen LogP contribution is -2.36. The van der Waals surface area contributed by atoms with E-state index in [1.807, 2.05) is 13.0 Å². The maximum Gasteiger partial charge on any atom is 0.263 e. The third kappa shape index (κ3) is 5.75. The number of fused-ring (bicyclic) bond motifs is 1. The summed E-state index contributed by atoms with van der Waals surface area (Å²) in [6.07, 6.45) is 15.3. The van der Waals surface area contributed by atoms with Gasteiger partial charge >= 0.3 is 0 Å². The van der Waals surface area contributed by atoms with E-state index < -0.39 is 0 Å². The Morgan fingerprint density at radius 3 is 2.53 bits per heavy atom. The van der Waals surface area contributed by atoms with Gasteiger partial charge in [0.2, 0.25) is 5.95 Å². The number of hydrogen-bond acceptors (Lipinski definition) is 6. The number of nitrogens with one attached hydrogen (secondary N) is 1. The van der Waals surface area contributed by atoms with Crippen LogP contribution in [-0.4, -0.2) is 57.7 Å². The maximum atomic E-state index is 13.4. The van der Waals surface area contributed by atoms with Gasteiger partial charge in [-0.3, -0.25) is 19.1 Å². The van der Waals surface area contributed by atoms with E-state index in [1.54, 1.807) is 17.8 Å². The van der Waals surface area contributed by atoms with Crippen LogP contribution >= 0.6 is 0 Å². The van der Waals surface area contributed by atoms with E-state index in [4.69, 9.17) is 4.98 Å². The third-order valence-electron chi connectivity index (χ3n) is 8.88. The first-order valence-electron chi connectivity index (χ1n) is 14.4. The van der Waals surface area contributed by atoms with Gasteiger partial charge in [0, 0.05) is 31.2 Å². The molecule has 1 N–H and O–H groups in total. The van der Waals surface area contributed by atoms with Crippen molar-refractivity contribution in [2.45, 2.75) is 78.2 Å². The number of amidine groups is 1. The second-order valence-electron chi connectivity index (χ2n) is 11.6. The number of piperidine rings is 1. The number of aromatic nitrogens is 3. The van der Waals surface area contributed by atoms with Gasteiger partial charge < -0.3 is 10.2 Å². The van der Waals surface area contributed by atoms with Crippen LogP contribution in [0.1, 0.15) is 87.2 Å². The number of ketones is 1. The summed E-state index contributed by atoms with van der Waals surface area (Å²) in [6.45, 7) is 9.29. The number of likely N-dealkylation sites (tertiary alicyclic amines) is 1. The van der Waals surface area contributed by atoms with Gasteiger partial charge in [-0.2, -0.15) is 4.98 Å². The summed E-state index contributed by atoms with van der Waals surface area (Å²) in [7, 11) is 1.76. The Morgan fingerprint density at radius 1 is 1.18 bits per heavy atom. The Hall–Kier alpha value is -2.87. The van der Waals surface area contributed by atoms with Crippen molar-refractivity contribution < 1.29 is 4.79 Å². The minimum atomic E-state index is -0.236. The van der Waals surface area contributed by atoms with Crippen LogP contribution in [0.15, 0.2) is 28.1 Å². The molecule has 2 aromatic heterocycles. The van der Waals surface area contributed by atoms with Gasteiger partial charge in [0.05, 0.1) is 5.56 Å². The number of aryl methyl sites for hydroxylation is 1. The van der Waals surface area contributed by atoms with E-state index in [0.717, 1.165) is 37.0 Å². The number of aliphatic imine (C=N–C) groups is 1. The molecule has 1 saturated heterocycles. The Kier molecular flexibility index (Phi) is 8.07. The van der Waals surface area contributed by atoms with Crippen LogP contribution in [0.3, 0.4) is 0 Å². The van der Waals surface area contributed by atoms with Crippen LogP contribution < -0.4 is 10.9 Å². The molecule has 0 bridgehead atoms. The van der Waals surface area contributed by atoms with Crippen LogP contribution in [0.4, 0.5) is 5.95 Å². The predicted octanol–water partition coefficient (Wildman–Crippen LogP) is 5.17. The quantitative estimate of drug-likeness (QED) is 0.294. The number of Topliss-reactive ketones (excluding diaryl/α,β-unsaturated/α-hetero) is 1. The topological polar surface area (TPSA) is 92.5 Å². The molecule has 38 heavy (non-hydrogen) atoms. The van der Waals surface area contributed by atoms with Crippen LogP contribution in [-0.2, 0) is 0 Å². The molecule has 3 aliphatic rings. The van der Waals surface area contributed by atoms with Crippen molar-refractivity contribution in [2.24, 2.45) is 22.7 Å². The summed E-state index contributed by atoms with van der Waals surface area (Å²) < 4.78 is 1.75. The Labute approximate surface area is 225 Å². The monoisotopic (exact) mass is 518 g/mol. The number of allylic oxidation sites excluding steroid dienone is 1. The number of pyridine rings is 1. The summed E-state index contributed by atoms with van der Waals surface area (Å²) in [6, 6.07) is 0.0576. The Morgan fingerprint density at radius 2 is 1.89 bits per heavy atom. The second-order valence-corrected chi connectivity index (χ2v) is 11.6. The molecule has 8 nitrogen and oxygen atoms in total. The molecule has 2 aromatic rings. The molecule has 2 saturated carbocycles. The minimum absolute atomic E-state index is 0.0576. The smallest absolute Gasteiger partial charge is 0.263 e. The molecule has 3 fully saturated rings. The van der Waals surface area contributed by atoms with Gasteiger partial charge in [0.1, 0.15) is 11.5 Å². The molecule has 1 atom stereocenters. The molecule has 1 aliphatic heterocycles. The standard InChI is InChI=1S/C30H42N6O2/c1-19(23-13-15-35(16-14-23)18-22-10-11-22)9-12-26(31-4)33-30-32-17-25-20(2)27(21(3)37)29(38)36(28(25)34-30)24-7-5-6-8-24/h9,12,17,19,22-24H,5-8,10-11,13-16,18H2,1-4H3,(H,31,32,33,34)/b12-9-.